The number of nitrogens with zero attached hydrogens (tertiary/aromatic N) is 1. The minimum atomic E-state index is 0.0196. The number of hydrogen-bond donors (Lipinski definition) is 2. The topological polar surface area (TPSA) is 48.1 Å². The first-order valence-electron chi connectivity index (χ1n) is 8.23. The van der Waals surface area contributed by atoms with E-state index in [1.54, 1.807) is 6.07 Å². The summed E-state index contributed by atoms with van der Waals surface area (Å²) in [6.07, 6.45) is 5.76. The zero-order valence-electron chi connectivity index (χ0n) is 13.6. The van der Waals surface area contributed by atoms with Crippen molar-refractivity contribution in [3.8, 4) is 0 Å². The summed E-state index contributed by atoms with van der Waals surface area (Å²) in [4.78, 5) is 16.8. The van der Waals surface area contributed by atoms with Gasteiger partial charge < -0.3 is 15.2 Å². The Hall–Kier alpha value is -1.13. The molecule has 1 unspecified atom stereocenters. The number of hydrogen-bond acceptors (Lipinski definition) is 3. The SMILES string of the molecule is CC(C)N(C)CCCCNC1CCCc2[nH]c(=O)ccc21. The molecule has 21 heavy (non-hydrogen) atoms. The van der Waals surface area contributed by atoms with Gasteiger partial charge >= 0.3 is 0 Å². The summed E-state index contributed by atoms with van der Waals surface area (Å²) in [6, 6.07) is 4.68. The molecule has 118 valence electrons. The van der Waals surface area contributed by atoms with Crippen molar-refractivity contribution < 1.29 is 0 Å². The van der Waals surface area contributed by atoms with E-state index in [4.69, 9.17) is 0 Å². The largest absolute Gasteiger partial charge is 0.326 e. The maximum absolute atomic E-state index is 11.4. The Kier molecular flexibility index (Phi) is 6.00. The average molecular weight is 291 g/mol. The third-order valence-electron chi connectivity index (χ3n) is 4.54. The molecular weight excluding hydrogens is 262 g/mol. The third kappa shape index (κ3) is 4.68. The summed E-state index contributed by atoms with van der Waals surface area (Å²) in [5, 5.41) is 3.66. The van der Waals surface area contributed by atoms with Crippen LogP contribution in [0.1, 0.15) is 56.8 Å². The van der Waals surface area contributed by atoms with Crippen molar-refractivity contribution in [1.82, 2.24) is 15.2 Å². The Balaban J connectivity index is 1.76. The van der Waals surface area contributed by atoms with E-state index >= 15 is 0 Å². The number of aryl methyl sites for hydroxylation is 1. The summed E-state index contributed by atoms with van der Waals surface area (Å²) >= 11 is 0. The van der Waals surface area contributed by atoms with Crippen molar-refractivity contribution in [3.05, 3.63) is 33.7 Å². The number of fused-ring (bicyclic) bond motifs is 1. The monoisotopic (exact) mass is 291 g/mol. The molecule has 0 bridgehead atoms. The van der Waals surface area contributed by atoms with Crippen molar-refractivity contribution in [2.45, 2.75) is 58.0 Å². The normalized spacial score (nSPS) is 18.2. The zero-order chi connectivity index (χ0) is 15.2. The minimum absolute atomic E-state index is 0.0196. The van der Waals surface area contributed by atoms with Gasteiger partial charge in [0.1, 0.15) is 0 Å². The number of H-pyrrole nitrogens is 1. The number of aromatic amines is 1. The van der Waals surface area contributed by atoms with Gasteiger partial charge in [0.05, 0.1) is 0 Å². The van der Waals surface area contributed by atoms with E-state index in [1.165, 1.54) is 24.8 Å². The Morgan fingerprint density at radius 1 is 1.38 bits per heavy atom. The first-order valence-corrected chi connectivity index (χ1v) is 8.23. The van der Waals surface area contributed by atoms with Crippen LogP contribution in [0.15, 0.2) is 16.9 Å². The van der Waals surface area contributed by atoms with Gasteiger partial charge in [-0.15, -0.1) is 0 Å². The summed E-state index contributed by atoms with van der Waals surface area (Å²) < 4.78 is 0. The minimum Gasteiger partial charge on any atom is -0.326 e. The van der Waals surface area contributed by atoms with Crippen LogP contribution in [0.4, 0.5) is 0 Å². The maximum Gasteiger partial charge on any atom is 0.248 e. The third-order valence-corrected chi connectivity index (χ3v) is 4.54. The van der Waals surface area contributed by atoms with E-state index in [0.717, 1.165) is 31.6 Å². The molecule has 2 rings (SSSR count). The second kappa shape index (κ2) is 7.76. The van der Waals surface area contributed by atoms with Gasteiger partial charge in [-0.3, -0.25) is 4.79 Å². The molecule has 0 saturated carbocycles. The van der Waals surface area contributed by atoms with Gasteiger partial charge in [0.25, 0.3) is 0 Å². The fourth-order valence-electron chi connectivity index (χ4n) is 2.93. The van der Waals surface area contributed by atoms with E-state index < -0.39 is 0 Å². The molecule has 1 aliphatic carbocycles. The van der Waals surface area contributed by atoms with Gasteiger partial charge in [-0.25, -0.2) is 0 Å². The van der Waals surface area contributed by atoms with Crippen molar-refractivity contribution >= 4 is 0 Å². The fourth-order valence-corrected chi connectivity index (χ4v) is 2.93. The van der Waals surface area contributed by atoms with Crippen LogP contribution >= 0.6 is 0 Å². The maximum atomic E-state index is 11.4. The summed E-state index contributed by atoms with van der Waals surface area (Å²) in [6.45, 7) is 6.68. The molecule has 0 aliphatic heterocycles. The van der Waals surface area contributed by atoms with Crippen LogP contribution < -0.4 is 10.9 Å². The molecule has 0 fully saturated rings. The predicted octanol–water partition coefficient (Wildman–Crippen LogP) is 2.46. The van der Waals surface area contributed by atoms with Crippen molar-refractivity contribution in [1.29, 1.82) is 0 Å². The van der Waals surface area contributed by atoms with E-state index in [9.17, 15) is 4.79 Å². The lowest BCUT2D eigenvalue weighted by molar-refractivity contribution is 0.267. The quantitative estimate of drug-likeness (QED) is 0.759. The highest BCUT2D eigenvalue weighted by atomic mass is 16.1. The lowest BCUT2D eigenvalue weighted by atomic mass is 9.91. The van der Waals surface area contributed by atoms with Gasteiger partial charge in [-0.2, -0.15) is 0 Å². The highest BCUT2D eigenvalue weighted by Crippen LogP contribution is 2.27. The molecular formula is C17H29N3O. The van der Waals surface area contributed by atoms with Crippen LogP contribution in [0.2, 0.25) is 0 Å². The van der Waals surface area contributed by atoms with E-state index in [0.29, 0.717) is 12.1 Å². The van der Waals surface area contributed by atoms with Crippen molar-refractivity contribution in [2.75, 3.05) is 20.1 Å². The molecule has 0 spiro atoms. The molecule has 1 aromatic rings. The van der Waals surface area contributed by atoms with Crippen molar-refractivity contribution in [3.63, 3.8) is 0 Å². The van der Waals surface area contributed by atoms with Crippen LogP contribution in [0.5, 0.6) is 0 Å². The van der Waals surface area contributed by atoms with E-state index in [1.807, 2.05) is 6.07 Å². The molecule has 0 radical (unpaired) electrons. The van der Waals surface area contributed by atoms with Crippen LogP contribution in [-0.2, 0) is 6.42 Å². The number of aromatic nitrogens is 1. The van der Waals surface area contributed by atoms with Gasteiger partial charge in [0.2, 0.25) is 5.56 Å². The number of nitrogens with one attached hydrogen (secondary N) is 2. The number of pyridine rings is 1. The summed E-state index contributed by atoms with van der Waals surface area (Å²) in [5.41, 5.74) is 2.44. The molecule has 2 N–H and O–H groups in total. The number of rotatable bonds is 7. The van der Waals surface area contributed by atoms with E-state index in [-0.39, 0.29) is 5.56 Å². The van der Waals surface area contributed by atoms with Crippen LogP contribution in [0, 0.1) is 0 Å². The van der Waals surface area contributed by atoms with Gasteiger partial charge in [-0.05, 0) is 71.7 Å². The highest BCUT2D eigenvalue weighted by Gasteiger charge is 2.19. The van der Waals surface area contributed by atoms with Crippen LogP contribution in [0.3, 0.4) is 0 Å². The first kappa shape index (κ1) is 16.2. The lowest BCUT2D eigenvalue weighted by Crippen LogP contribution is -2.30. The summed E-state index contributed by atoms with van der Waals surface area (Å²) in [7, 11) is 2.19. The molecule has 4 heteroatoms. The fraction of sp³-hybridized carbons (Fsp3) is 0.706. The zero-order valence-corrected chi connectivity index (χ0v) is 13.6. The summed E-state index contributed by atoms with van der Waals surface area (Å²) in [5.74, 6) is 0. The molecule has 1 heterocycles. The Labute approximate surface area is 127 Å². The molecule has 1 aliphatic rings. The first-order chi connectivity index (χ1) is 10.1. The lowest BCUT2D eigenvalue weighted by Gasteiger charge is -2.26. The van der Waals surface area contributed by atoms with Gasteiger partial charge in [0.15, 0.2) is 0 Å². The average Bonchev–Trinajstić information content (AvgIpc) is 2.46. The standard InChI is InChI=1S/C17H29N3O/c1-13(2)20(3)12-5-4-11-18-15-7-6-8-16-14(15)9-10-17(21)19-16/h9-10,13,15,18H,4-8,11-12H2,1-3H3,(H,19,21). The molecule has 1 aromatic heterocycles. The van der Waals surface area contributed by atoms with Crippen LogP contribution in [0.25, 0.3) is 0 Å². The smallest absolute Gasteiger partial charge is 0.248 e. The molecule has 0 amide bonds. The second-order valence-electron chi connectivity index (χ2n) is 6.44. The Morgan fingerprint density at radius 2 is 2.19 bits per heavy atom. The number of unbranched alkanes of at least 4 members (excludes halogenated alkanes) is 1. The Morgan fingerprint density at radius 3 is 2.95 bits per heavy atom. The van der Waals surface area contributed by atoms with E-state index in [2.05, 4.69) is 36.1 Å². The van der Waals surface area contributed by atoms with Crippen molar-refractivity contribution in [2.24, 2.45) is 0 Å². The molecule has 4 nitrogen and oxygen atoms in total. The van der Waals surface area contributed by atoms with Gasteiger partial charge in [0, 0.05) is 23.8 Å². The molecule has 0 saturated heterocycles. The molecule has 1 atom stereocenters. The molecule has 0 aromatic carbocycles. The Bertz CT molecular complexity index is 495. The second-order valence-corrected chi connectivity index (χ2v) is 6.44. The predicted molar refractivity (Wildman–Crippen MR) is 87.7 cm³/mol. The van der Waals surface area contributed by atoms with Crippen LogP contribution in [-0.4, -0.2) is 36.1 Å². The van der Waals surface area contributed by atoms with Gasteiger partial charge in [-0.1, -0.05) is 6.07 Å². The highest BCUT2D eigenvalue weighted by molar-refractivity contribution is 5.26.